The van der Waals surface area contributed by atoms with Crippen LogP contribution in [0.5, 0.6) is 0 Å². The fourth-order valence-corrected chi connectivity index (χ4v) is 3.92. The predicted molar refractivity (Wildman–Crippen MR) is 95.2 cm³/mol. The van der Waals surface area contributed by atoms with Crippen LogP contribution in [0.2, 0.25) is 5.02 Å². The number of carbonyl (C=O) groups excluding carboxylic acids is 1. The molecule has 0 bridgehead atoms. The van der Waals surface area contributed by atoms with E-state index in [0.29, 0.717) is 10.8 Å². The molecule has 3 rings (SSSR count). The average molecular weight is 364 g/mol. The zero-order valence-corrected chi connectivity index (χ0v) is 15.0. The fraction of sp³-hybridized carbons (Fsp3) is 0.188. The lowest BCUT2D eigenvalue weighted by Gasteiger charge is -2.05. The number of rotatable bonds is 5. The number of halogens is 1. The number of thioether (sulfide) groups is 1. The highest BCUT2D eigenvalue weighted by molar-refractivity contribution is 7.99. The summed E-state index contributed by atoms with van der Waals surface area (Å²) in [5, 5.41) is 4.19. The SMILES string of the molecule is Cc1cc(C(=O)CSc2ccc(Cl)cn2)c(C)n1-c1nccs1. The first-order valence-electron chi connectivity index (χ1n) is 6.92. The lowest BCUT2D eigenvalue weighted by Crippen LogP contribution is -2.05. The van der Waals surface area contributed by atoms with Crippen molar-refractivity contribution in [2.75, 3.05) is 5.75 Å². The van der Waals surface area contributed by atoms with Crippen molar-refractivity contribution in [2.45, 2.75) is 18.9 Å². The third kappa shape index (κ3) is 3.49. The Hall–Kier alpha value is -1.63. The van der Waals surface area contributed by atoms with Gasteiger partial charge in [-0.05, 0) is 32.0 Å². The third-order valence-electron chi connectivity index (χ3n) is 3.39. The lowest BCUT2D eigenvalue weighted by molar-refractivity contribution is 0.102. The molecule has 0 radical (unpaired) electrons. The van der Waals surface area contributed by atoms with E-state index >= 15 is 0 Å². The quantitative estimate of drug-likeness (QED) is 0.492. The minimum atomic E-state index is 0.0858. The third-order valence-corrected chi connectivity index (χ3v) is 5.32. The summed E-state index contributed by atoms with van der Waals surface area (Å²) in [6.07, 6.45) is 3.35. The van der Waals surface area contributed by atoms with Crippen molar-refractivity contribution in [2.24, 2.45) is 0 Å². The van der Waals surface area contributed by atoms with Gasteiger partial charge in [0.2, 0.25) is 0 Å². The van der Waals surface area contributed by atoms with Gasteiger partial charge in [0.1, 0.15) is 0 Å². The number of ketones is 1. The molecule has 0 aliphatic heterocycles. The van der Waals surface area contributed by atoms with E-state index in [2.05, 4.69) is 9.97 Å². The molecule has 23 heavy (non-hydrogen) atoms. The van der Waals surface area contributed by atoms with Crippen LogP contribution in [0, 0.1) is 13.8 Å². The number of aromatic nitrogens is 3. The molecule has 0 aliphatic rings. The Morgan fingerprint density at radius 3 is 2.83 bits per heavy atom. The van der Waals surface area contributed by atoms with Gasteiger partial charge in [-0.1, -0.05) is 23.4 Å². The zero-order chi connectivity index (χ0) is 16.4. The topological polar surface area (TPSA) is 47.8 Å². The number of nitrogens with zero attached hydrogens (tertiary/aromatic N) is 3. The molecule has 0 unspecified atom stereocenters. The fourth-order valence-electron chi connectivity index (χ4n) is 2.33. The summed E-state index contributed by atoms with van der Waals surface area (Å²) in [5.74, 6) is 0.430. The normalized spacial score (nSPS) is 10.9. The molecular weight excluding hydrogens is 350 g/mol. The van der Waals surface area contributed by atoms with Crippen LogP contribution in [0.3, 0.4) is 0 Å². The van der Waals surface area contributed by atoms with Crippen LogP contribution in [0.15, 0.2) is 41.0 Å². The Labute approximate surface area is 147 Å². The number of pyridine rings is 1. The molecule has 3 heterocycles. The second-order valence-corrected chi connectivity index (χ2v) is 7.27. The molecule has 0 amide bonds. The molecule has 0 saturated heterocycles. The maximum absolute atomic E-state index is 12.5. The number of hydrogen-bond donors (Lipinski definition) is 0. The van der Waals surface area contributed by atoms with Crippen molar-refractivity contribution < 1.29 is 4.79 Å². The number of carbonyl (C=O) groups is 1. The van der Waals surface area contributed by atoms with Crippen molar-refractivity contribution in [3.8, 4) is 5.13 Å². The molecule has 3 aromatic heterocycles. The average Bonchev–Trinajstić information content (AvgIpc) is 3.14. The van der Waals surface area contributed by atoms with Crippen LogP contribution >= 0.6 is 34.7 Å². The molecule has 118 valence electrons. The number of aryl methyl sites for hydroxylation is 1. The first kappa shape index (κ1) is 16.2. The van der Waals surface area contributed by atoms with Gasteiger partial charge in [-0.2, -0.15) is 0 Å². The molecule has 3 aromatic rings. The largest absolute Gasteiger partial charge is 0.294 e. The minimum absolute atomic E-state index is 0.0858. The van der Waals surface area contributed by atoms with E-state index in [9.17, 15) is 4.79 Å². The number of hydrogen-bond acceptors (Lipinski definition) is 5. The first-order valence-corrected chi connectivity index (χ1v) is 9.17. The summed E-state index contributed by atoms with van der Waals surface area (Å²) in [5.41, 5.74) is 2.67. The maximum atomic E-state index is 12.5. The first-order chi connectivity index (χ1) is 11.1. The van der Waals surface area contributed by atoms with E-state index in [1.54, 1.807) is 29.8 Å². The summed E-state index contributed by atoms with van der Waals surface area (Å²) in [6.45, 7) is 3.94. The van der Waals surface area contributed by atoms with Crippen LogP contribution in [-0.2, 0) is 0 Å². The molecule has 4 nitrogen and oxygen atoms in total. The monoisotopic (exact) mass is 363 g/mol. The highest BCUT2D eigenvalue weighted by atomic mass is 35.5. The lowest BCUT2D eigenvalue weighted by atomic mass is 10.2. The van der Waals surface area contributed by atoms with Gasteiger partial charge in [0.15, 0.2) is 10.9 Å². The highest BCUT2D eigenvalue weighted by Crippen LogP contribution is 2.25. The van der Waals surface area contributed by atoms with Gasteiger partial charge >= 0.3 is 0 Å². The van der Waals surface area contributed by atoms with Crippen LogP contribution in [0.1, 0.15) is 21.7 Å². The van der Waals surface area contributed by atoms with Crippen LogP contribution < -0.4 is 0 Å². The molecule has 0 atom stereocenters. The molecule has 0 spiro atoms. The Bertz CT molecular complexity index is 826. The van der Waals surface area contributed by atoms with Crippen LogP contribution in [0.4, 0.5) is 0 Å². The van der Waals surface area contributed by atoms with Crippen LogP contribution in [0.25, 0.3) is 5.13 Å². The smallest absolute Gasteiger partial charge is 0.193 e. The van der Waals surface area contributed by atoms with E-state index in [4.69, 9.17) is 11.6 Å². The molecule has 0 aromatic carbocycles. The summed E-state index contributed by atoms with van der Waals surface area (Å²) >= 11 is 8.78. The summed E-state index contributed by atoms with van der Waals surface area (Å²) in [4.78, 5) is 21.1. The van der Waals surface area contributed by atoms with Gasteiger partial charge in [0.05, 0.1) is 15.8 Å². The van der Waals surface area contributed by atoms with Crippen molar-refractivity contribution in [1.29, 1.82) is 0 Å². The van der Waals surface area contributed by atoms with Crippen LogP contribution in [-0.4, -0.2) is 26.1 Å². The summed E-state index contributed by atoms with van der Waals surface area (Å²) in [6, 6.07) is 5.52. The molecule has 0 aliphatic carbocycles. The molecule has 0 fully saturated rings. The van der Waals surface area contributed by atoms with Gasteiger partial charge in [-0.25, -0.2) is 9.97 Å². The van der Waals surface area contributed by atoms with Crippen molar-refractivity contribution in [1.82, 2.24) is 14.5 Å². The van der Waals surface area contributed by atoms with E-state index < -0.39 is 0 Å². The van der Waals surface area contributed by atoms with Crippen molar-refractivity contribution in [3.05, 3.63) is 57.9 Å². The summed E-state index contributed by atoms with van der Waals surface area (Å²) in [7, 11) is 0. The van der Waals surface area contributed by atoms with E-state index in [1.165, 1.54) is 11.8 Å². The molecule has 0 saturated carbocycles. The van der Waals surface area contributed by atoms with Crippen molar-refractivity contribution in [3.63, 3.8) is 0 Å². The zero-order valence-electron chi connectivity index (χ0n) is 12.6. The van der Waals surface area contributed by atoms with E-state index in [1.807, 2.05) is 35.9 Å². The molecule has 7 heteroatoms. The van der Waals surface area contributed by atoms with Gasteiger partial charge in [-0.3, -0.25) is 9.36 Å². The Morgan fingerprint density at radius 1 is 1.35 bits per heavy atom. The maximum Gasteiger partial charge on any atom is 0.193 e. The Morgan fingerprint density at radius 2 is 2.17 bits per heavy atom. The summed E-state index contributed by atoms with van der Waals surface area (Å²) < 4.78 is 2.02. The Kier molecular flexibility index (Phi) is 4.84. The molecular formula is C16H14ClN3OS2. The number of Topliss-reactive ketones (excluding diaryl/α,β-unsaturated/α-hetero) is 1. The second kappa shape index (κ2) is 6.86. The predicted octanol–water partition coefficient (Wildman–Crippen LogP) is 4.57. The van der Waals surface area contributed by atoms with Gasteiger partial charge in [0, 0.05) is 34.7 Å². The van der Waals surface area contributed by atoms with Gasteiger partial charge in [-0.15, -0.1) is 11.3 Å². The number of thiazole rings is 1. The highest BCUT2D eigenvalue weighted by Gasteiger charge is 2.18. The molecule has 0 N–H and O–H groups in total. The standard InChI is InChI=1S/C16H14ClN3OS2/c1-10-7-13(11(2)20(10)16-18-5-6-22-16)14(21)9-23-15-4-3-12(17)8-19-15/h3-8H,9H2,1-2H3. The van der Waals surface area contributed by atoms with Crippen molar-refractivity contribution >= 4 is 40.5 Å². The van der Waals surface area contributed by atoms with Gasteiger partial charge < -0.3 is 0 Å². The second-order valence-electron chi connectivity index (χ2n) is 4.96. The minimum Gasteiger partial charge on any atom is -0.294 e. The Balaban J connectivity index is 1.78. The van der Waals surface area contributed by atoms with E-state index in [-0.39, 0.29) is 5.78 Å². The van der Waals surface area contributed by atoms with Gasteiger partial charge in [0.25, 0.3) is 0 Å². The van der Waals surface area contributed by atoms with E-state index in [0.717, 1.165) is 27.1 Å².